The van der Waals surface area contributed by atoms with Crippen LogP contribution in [0.5, 0.6) is 0 Å². The summed E-state index contributed by atoms with van der Waals surface area (Å²) in [5, 5.41) is 0.709. The van der Waals surface area contributed by atoms with Crippen LogP contribution in [0.3, 0.4) is 0 Å². The molecule has 0 fully saturated rings. The van der Waals surface area contributed by atoms with Crippen molar-refractivity contribution in [1.82, 2.24) is 9.55 Å². The molecule has 21 heavy (non-hydrogen) atoms. The Kier molecular flexibility index (Phi) is 3.94. The van der Waals surface area contributed by atoms with E-state index >= 15 is 0 Å². The average molecular weight is 446 g/mol. The number of H-pyrrole nitrogens is 1. The first-order valence-corrected chi connectivity index (χ1v) is 8.91. The van der Waals surface area contributed by atoms with Crippen LogP contribution in [0.25, 0.3) is 15.9 Å². The highest BCUT2D eigenvalue weighted by Gasteiger charge is 2.15. The summed E-state index contributed by atoms with van der Waals surface area (Å²) in [6.45, 7) is 3.98. The van der Waals surface area contributed by atoms with Crippen molar-refractivity contribution in [3.63, 3.8) is 0 Å². The molecule has 0 saturated heterocycles. The predicted octanol–water partition coefficient (Wildman–Crippen LogP) is 5.25. The van der Waals surface area contributed by atoms with Gasteiger partial charge in [0.2, 0.25) is 0 Å². The third kappa shape index (κ3) is 2.46. The second-order valence-electron chi connectivity index (χ2n) is 4.65. The van der Waals surface area contributed by atoms with E-state index in [1.54, 1.807) is 11.3 Å². The molecule has 0 radical (unpaired) electrons. The lowest BCUT2D eigenvalue weighted by Gasteiger charge is -2.09. The maximum Gasteiger partial charge on any atom is 0.267 e. The van der Waals surface area contributed by atoms with Gasteiger partial charge in [0.05, 0.1) is 11.1 Å². The molecule has 2 heterocycles. The molecular weight excluding hydrogens is 436 g/mol. The van der Waals surface area contributed by atoms with E-state index in [2.05, 4.69) is 36.8 Å². The molecule has 0 saturated carbocycles. The zero-order valence-electron chi connectivity index (χ0n) is 11.2. The minimum absolute atomic E-state index is 0.0846. The summed E-state index contributed by atoms with van der Waals surface area (Å²) in [6, 6.07) is 5.64. The molecule has 0 amide bonds. The number of halogens is 2. The van der Waals surface area contributed by atoms with Gasteiger partial charge in [-0.15, -0.1) is 11.3 Å². The molecule has 7 heteroatoms. The number of rotatable bonds is 1. The van der Waals surface area contributed by atoms with Crippen molar-refractivity contribution in [3.05, 3.63) is 52.7 Å². The second kappa shape index (κ2) is 5.46. The van der Waals surface area contributed by atoms with Gasteiger partial charge < -0.3 is 4.98 Å². The maximum absolute atomic E-state index is 12.9. The number of nitrogens with zero attached hydrogens (tertiary/aromatic N) is 1. The molecule has 2 aromatic heterocycles. The van der Waals surface area contributed by atoms with E-state index in [9.17, 15) is 4.79 Å². The average Bonchev–Trinajstić information content (AvgIpc) is 2.67. The number of aromatic amines is 1. The van der Waals surface area contributed by atoms with Gasteiger partial charge in [-0.1, -0.05) is 15.9 Å². The molecule has 0 aliphatic heterocycles. The highest BCUT2D eigenvalue weighted by atomic mass is 79.9. The zero-order chi connectivity index (χ0) is 15.3. The molecule has 0 atom stereocenters. The Bertz CT molecular complexity index is 985. The van der Waals surface area contributed by atoms with Crippen LogP contribution in [-0.2, 0) is 0 Å². The van der Waals surface area contributed by atoms with Crippen LogP contribution in [0.4, 0.5) is 0 Å². The van der Waals surface area contributed by atoms with Gasteiger partial charge in [0.15, 0.2) is 4.77 Å². The number of hydrogen-bond donors (Lipinski definition) is 1. The lowest BCUT2D eigenvalue weighted by Crippen LogP contribution is -2.20. The van der Waals surface area contributed by atoms with Gasteiger partial charge in [0, 0.05) is 13.8 Å². The predicted molar refractivity (Wildman–Crippen MR) is 97.5 cm³/mol. The fraction of sp³-hybridized carbons (Fsp3) is 0.143. The molecule has 0 spiro atoms. The molecule has 0 aliphatic carbocycles. The third-order valence-corrected chi connectivity index (χ3v) is 5.91. The molecular formula is C14H10Br2N2OS2. The molecule has 0 unspecified atom stereocenters. The van der Waals surface area contributed by atoms with E-state index in [-0.39, 0.29) is 5.56 Å². The highest BCUT2D eigenvalue weighted by Crippen LogP contribution is 2.28. The van der Waals surface area contributed by atoms with E-state index in [1.807, 2.05) is 32.0 Å². The molecule has 1 aromatic carbocycles. The van der Waals surface area contributed by atoms with Gasteiger partial charge >= 0.3 is 0 Å². The first-order valence-electron chi connectivity index (χ1n) is 6.10. The molecule has 3 rings (SSSR count). The smallest absolute Gasteiger partial charge is 0.267 e. The van der Waals surface area contributed by atoms with E-state index in [1.165, 1.54) is 4.57 Å². The Labute approximate surface area is 146 Å². The van der Waals surface area contributed by atoms with Crippen LogP contribution < -0.4 is 5.56 Å². The number of thiophene rings is 1. The minimum atomic E-state index is -0.0846. The molecule has 0 aliphatic rings. The van der Waals surface area contributed by atoms with Crippen molar-refractivity contribution in [2.75, 3.05) is 0 Å². The summed E-state index contributed by atoms with van der Waals surface area (Å²) < 4.78 is 3.68. The highest BCUT2D eigenvalue weighted by molar-refractivity contribution is 9.11. The number of aryl methyl sites for hydroxylation is 2. The standard InChI is InChI=1S/C14H10Br2N2OS2/c1-6-7(2)21-12-11(6)13(19)18(14(20)17-12)10-4-3-8(15)5-9(10)16/h3-5H,1-2H3,(H,17,20). The van der Waals surface area contributed by atoms with Crippen LogP contribution in [0.2, 0.25) is 0 Å². The van der Waals surface area contributed by atoms with Crippen LogP contribution >= 0.6 is 55.4 Å². The molecule has 3 nitrogen and oxygen atoms in total. The topological polar surface area (TPSA) is 37.8 Å². The number of benzene rings is 1. The lowest BCUT2D eigenvalue weighted by molar-refractivity contribution is 0.936. The van der Waals surface area contributed by atoms with E-state index in [4.69, 9.17) is 12.2 Å². The molecule has 3 aromatic rings. The fourth-order valence-electron chi connectivity index (χ4n) is 2.21. The quantitative estimate of drug-likeness (QED) is 0.519. The van der Waals surface area contributed by atoms with Crippen molar-refractivity contribution in [2.45, 2.75) is 13.8 Å². The number of hydrogen-bond acceptors (Lipinski definition) is 3. The second-order valence-corrected chi connectivity index (χ2v) is 8.04. The summed E-state index contributed by atoms with van der Waals surface area (Å²) in [4.78, 5) is 18.0. The van der Waals surface area contributed by atoms with Gasteiger partial charge in [-0.2, -0.15) is 0 Å². The van der Waals surface area contributed by atoms with Gasteiger partial charge in [-0.3, -0.25) is 9.36 Å². The van der Waals surface area contributed by atoms with Crippen molar-refractivity contribution in [3.8, 4) is 5.69 Å². The Morgan fingerprint density at radius 2 is 2.00 bits per heavy atom. The van der Waals surface area contributed by atoms with Crippen molar-refractivity contribution in [2.24, 2.45) is 0 Å². The SMILES string of the molecule is Cc1sc2[nH]c(=S)n(-c3ccc(Br)cc3Br)c(=O)c2c1C. The monoisotopic (exact) mass is 444 g/mol. The Morgan fingerprint density at radius 1 is 1.29 bits per heavy atom. The van der Waals surface area contributed by atoms with Crippen LogP contribution in [0, 0.1) is 18.6 Å². The van der Waals surface area contributed by atoms with Gasteiger partial charge in [0.25, 0.3) is 5.56 Å². The van der Waals surface area contributed by atoms with Crippen LogP contribution in [-0.4, -0.2) is 9.55 Å². The maximum atomic E-state index is 12.9. The summed E-state index contributed by atoms with van der Waals surface area (Å²) in [5.41, 5.74) is 1.65. The van der Waals surface area contributed by atoms with Crippen LogP contribution in [0.1, 0.15) is 10.4 Å². The molecule has 0 bridgehead atoms. The number of nitrogens with one attached hydrogen (secondary N) is 1. The summed E-state index contributed by atoms with van der Waals surface area (Å²) in [6.07, 6.45) is 0. The summed E-state index contributed by atoms with van der Waals surface area (Å²) in [7, 11) is 0. The molecule has 108 valence electrons. The van der Waals surface area contributed by atoms with Crippen molar-refractivity contribution in [1.29, 1.82) is 0 Å². The van der Waals surface area contributed by atoms with Crippen LogP contribution in [0.15, 0.2) is 31.9 Å². The Morgan fingerprint density at radius 3 is 2.67 bits per heavy atom. The Balaban J connectivity index is 2.46. The first kappa shape index (κ1) is 15.1. The van der Waals surface area contributed by atoms with Gasteiger partial charge in [-0.05, 0) is 65.8 Å². The van der Waals surface area contributed by atoms with E-state index in [0.717, 1.165) is 29.9 Å². The number of fused-ring (bicyclic) bond motifs is 1. The summed E-state index contributed by atoms with van der Waals surface area (Å²) >= 11 is 13.8. The number of aromatic nitrogens is 2. The van der Waals surface area contributed by atoms with Crippen molar-refractivity contribution < 1.29 is 0 Å². The fourth-order valence-corrected chi connectivity index (χ4v) is 4.83. The third-order valence-electron chi connectivity index (χ3n) is 3.38. The van der Waals surface area contributed by atoms with Gasteiger partial charge in [0.1, 0.15) is 4.83 Å². The normalized spacial score (nSPS) is 11.2. The molecule has 1 N–H and O–H groups in total. The first-order chi connectivity index (χ1) is 9.90. The van der Waals surface area contributed by atoms with E-state index in [0.29, 0.717) is 10.2 Å². The zero-order valence-corrected chi connectivity index (χ0v) is 16.0. The van der Waals surface area contributed by atoms with Crippen molar-refractivity contribution >= 4 is 65.6 Å². The van der Waals surface area contributed by atoms with Gasteiger partial charge in [-0.25, -0.2) is 0 Å². The minimum Gasteiger partial charge on any atom is -0.323 e. The largest absolute Gasteiger partial charge is 0.323 e. The summed E-state index contributed by atoms with van der Waals surface area (Å²) in [5.74, 6) is 0. The van der Waals surface area contributed by atoms with E-state index < -0.39 is 0 Å². The lowest BCUT2D eigenvalue weighted by atomic mass is 10.2. The Hall–Kier alpha value is -0.760.